The molecule has 1 fully saturated rings. The maximum absolute atomic E-state index is 12.3. The second-order valence-corrected chi connectivity index (χ2v) is 5.58. The number of amides is 1. The smallest absolute Gasteiger partial charge is 0.310 e. The van der Waals surface area contributed by atoms with Crippen LogP contribution in [0.2, 0.25) is 0 Å². The Bertz CT molecular complexity index is 515. The average molecular weight is 326 g/mol. The lowest BCUT2D eigenvalue weighted by molar-refractivity contribution is -0.144. The van der Waals surface area contributed by atoms with Crippen LogP contribution in [0.4, 0.5) is 0 Å². The summed E-state index contributed by atoms with van der Waals surface area (Å²) in [5.41, 5.74) is 1.68. The van der Waals surface area contributed by atoms with Gasteiger partial charge in [0.2, 0.25) is 0 Å². The third-order valence-corrected chi connectivity index (χ3v) is 4.30. The summed E-state index contributed by atoms with van der Waals surface area (Å²) < 4.78 is 5.70. The van der Waals surface area contributed by atoms with Crippen LogP contribution in [-0.4, -0.2) is 37.0 Å². The molecule has 1 atom stereocenters. The molecule has 0 N–H and O–H groups in total. The van der Waals surface area contributed by atoms with Crippen molar-refractivity contribution in [3.05, 3.63) is 33.8 Å². The number of esters is 1. The minimum Gasteiger partial charge on any atom is -0.469 e. The quantitative estimate of drug-likeness (QED) is 0.784. The van der Waals surface area contributed by atoms with E-state index in [1.807, 2.05) is 19.1 Å². The van der Waals surface area contributed by atoms with Gasteiger partial charge in [-0.05, 0) is 37.1 Å². The third-order valence-electron chi connectivity index (χ3n) is 3.41. The Morgan fingerprint density at radius 2 is 2.16 bits per heavy atom. The molecule has 0 aromatic heterocycles. The van der Waals surface area contributed by atoms with E-state index in [9.17, 15) is 9.59 Å². The molecular formula is C14H16BrNO3. The van der Waals surface area contributed by atoms with Gasteiger partial charge in [-0.3, -0.25) is 9.59 Å². The van der Waals surface area contributed by atoms with Crippen LogP contribution in [0.5, 0.6) is 0 Å². The number of likely N-dealkylation sites (tertiary alicyclic amines) is 1. The highest BCUT2D eigenvalue weighted by molar-refractivity contribution is 9.10. The first-order valence-electron chi connectivity index (χ1n) is 6.16. The third kappa shape index (κ3) is 2.97. The Morgan fingerprint density at radius 1 is 1.42 bits per heavy atom. The van der Waals surface area contributed by atoms with Crippen LogP contribution in [0.25, 0.3) is 0 Å². The van der Waals surface area contributed by atoms with Crippen molar-refractivity contribution in [1.82, 2.24) is 4.90 Å². The molecule has 1 saturated heterocycles. The lowest BCUT2D eigenvalue weighted by Crippen LogP contribution is -2.30. The maximum atomic E-state index is 12.3. The van der Waals surface area contributed by atoms with Gasteiger partial charge in [-0.15, -0.1) is 0 Å². The summed E-state index contributed by atoms with van der Waals surface area (Å²) >= 11 is 3.41. The van der Waals surface area contributed by atoms with Gasteiger partial charge < -0.3 is 9.64 Å². The molecule has 0 spiro atoms. The number of halogens is 1. The molecule has 1 aliphatic rings. The fraction of sp³-hybridized carbons (Fsp3) is 0.429. The molecule has 0 radical (unpaired) electrons. The highest BCUT2D eigenvalue weighted by Crippen LogP contribution is 2.22. The molecule has 0 saturated carbocycles. The summed E-state index contributed by atoms with van der Waals surface area (Å²) in [7, 11) is 1.38. The molecule has 1 aromatic carbocycles. The van der Waals surface area contributed by atoms with Crippen molar-refractivity contribution in [3.63, 3.8) is 0 Å². The van der Waals surface area contributed by atoms with Crippen molar-refractivity contribution in [1.29, 1.82) is 0 Å². The molecule has 1 aliphatic heterocycles. The van der Waals surface area contributed by atoms with E-state index in [1.54, 1.807) is 11.0 Å². The van der Waals surface area contributed by atoms with Crippen molar-refractivity contribution >= 4 is 27.8 Å². The summed E-state index contributed by atoms with van der Waals surface area (Å²) in [5, 5.41) is 0. The lowest BCUT2D eigenvalue weighted by Gasteiger charge is -2.16. The molecule has 102 valence electrons. The van der Waals surface area contributed by atoms with Gasteiger partial charge in [0, 0.05) is 23.1 Å². The summed E-state index contributed by atoms with van der Waals surface area (Å²) in [5.74, 6) is -0.449. The standard InChI is InChI=1S/C14H16BrNO3/c1-9-7-10(3-4-12(9)15)13(17)16-6-5-11(8-16)14(18)19-2/h3-4,7,11H,5-6,8H2,1-2H3. The van der Waals surface area contributed by atoms with Crippen molar-refractivity contribution in [3.8, 4) is 0 Å². The number of carbonyl (C=O) groups is 2. The fourth-order valence-corrected chi connectivity index (χ4v) is 2.51. The zero-order chi connectivity index (χ0) is 14.0. The Morgan fingerprint density at radius 3 is 2.79 bits per heavy atom. The highest BCUT2D eigenvalue weighted by Gasteiger charge is 2.32. The van der Waals surface area contributed by atoms with Crippen LogP contribution in [0.3, 0.4) is 0 Å². The maximum Gasteiger partial charge on any atom is 0.310 e. The number of ether oxygens (including phenoxy) is 1. The molecule has 19 heavy (non-hydrogen) atoms. The van der Waals surface area contributed by atoms with Gasteiger partial charge in [0.05, 0.1) is 13.0 Å². The number of methoxy groups -OCH3 is 1. The van der Waals surface area contributed by atoms with E-state index in [4.69, 9.17) is 4.74 Å². The number of nitrogens with zero attached hydrogens (tertiary/aromatic N) is 1. The normalized spacial score (nSPS) is 18.5. The predicted octanol–water partition coefficient (Wildman–Crippen LogP) is 2.39. The number of hydrogen-bond acceptors (Lipinski definition) is 3. The number of hydrogen-bond donors (Lipinski definition) is 0. The van der Waals surface area contributed by atoms with E-state index in [1.165, 1.54) is 7.11 Å². The van der Waals surface area contributed by atoms with E-state index in [0.717, 1.165) is 10.0 Å². The molecule has 1 aromatic rings. The van der Waals surface area contributed by atoms with E-state index >= 15 is 0 Å². The first kappa shape index (κ1) is 14.1. The molecule has 1 unspecified atom stereocenters. The number of aryl methyl sites for hydroxylation is 1. The second-order valence-electron chi connectivity index (χ2n) is 4.72. The Kier molecular flexibility index (Phi) is 4.24. The number of rotatable bonds is 2. The van der Waals surface area contributed by atoms with E-state index in [0.29, 0.717) is 25.1 Å². The van der Waals surface area contributed by atoms with Gasteiger partial charge >= 0.3 is 5.97 Å². The summed E-state index contributed by atoms with van der Waals surface area (Å²) in [6, 6.07) is 5.53. The minimum atomic E-state index is -0.234. The van der Waals surface area contributed by atoms with Gasteiger partial charge in [-0.1, -0.05) is 15.9 Å². The highest BCUT2D eigenvalue weighted by atomic mass is 79.9. The van der Waals surface area contributed by atoms with Crippen LogP contribution >= 0.6 is 15.9 Å². The molecule has 0 aliphatic carbocycles. The largest absolute Gasteiger partial charge is 0.469 e. The monoisotopic (exact) mass is 325 g/mol. The minimum absolute atomic E-state index is 0.0259. The van der Waals surface area contributed by atoms with E-state index < -0.39 is 0 Å². The van der Waals surface area contributed by atoms with Gasteiger partial charge in [0.15, 0.2) is 0 Å². The van der Waals surface area contributed by atoms with Gasteiger partial charge in [-0.2, -0.15) is 0 Å². The first-order chi connectivity index (χ1) is 9.02. The van der Waals surface area contributed by atoms with Crippen molar-refractivity contribution in [2.75, 3.05) is 20.2 Å². The van der Waals surface area contributed by atoms with E-state index in [-0.39, 0.29) is 17.8 Å². The van der Waals surface area contributed by atoms with Gasteiger partial charge in [0.25, 0.3) is 5.91 Å². The number of benzene rings is 1. The molecule has 0 bridgehead atoms. The molecule has 1 amide bonds. The summed E-state index contributed by atoms with van der Waals surface area (Å²) in [4.78, 5) is 25.5. The summed E-state index contributed by atoms with van der Waals surface area (Å²) in [6.07, 6.45) is 0.675. The molecule has 5 heteroatoms. The van der Waals surface area contributed by atoms with Crippen LogP contribution in [0.15, 0.2) is 22.7 Å². The Labute approximate surface area is 120 Å². The van der Waals surface area contributed by atoms with Crippen molar-refractivity contribution in [2.45, 2.75) is 13.3 Å². The molecule has 2 rings (SSSR count). The van der Waals surface area contributed by atoms with Crippen molar-refractivity contribution < 1.29 is 14.3 Å². The SMILES string of the molecule is COC(=O)C1CCN(C(=O)c2ccc(Br)c(C)c2)C1. The lowest BCUT2D eigenvalue weighted by atomic mass is 10.1. The van der Waals surface area contributed by atoms with Crippen LogP contribution in [-0.2, 0) is 9.53 Å². The topological polar surface area (TPSA) is 46.6 Å². The van der Waals surface area contributed by atoms with Crippen LogP contribution < -0.4 is 0 Å². The summed E-state index contributed by atoms with van der Waals surface area (Å²) in [6.45, 7) is 3.00. The number of carbonyl (C=O) groups excluding carboxylic acids is 2. The average Bonchev–Trinajstić information content (AvgIpc) is 2.89. The zero-order valence-corrected chi connectivity index (χ0v) is 12.6. The molecular weight excluding hydrogens is 310 g/mol. The second kappa shape index (κ2) is 5.74. The predicted molar refractivity (Wildman–Crippen MR) is 74.9 cm³/mol. The molecule has 1 heterocycles. The zero-order valence-electron chi connectivity index (χ0n) is 11.0. The van der Waals surface area contributed by atoms with Crippen LogP contribution in [0.1, 0.15) is 22.3 Å². The Hall–Kier alpha value is -1.36. The molecule has 4 nitrogen and oxygen atoms in total. The van der Waals surface area contributed by atoms with Gasteiger partial charge in [-0.25, -0.2) is 0 Å². The Balaban J connectivity index is 2.09. The fourth-order valence-electron chi connectivity index (χ4n) is 2.26. The van der Waals surface area contributed by atoms with E-state index in [2.05, 4.69) is 15.9 Å². The van der Waals surface area contributed by atoms with Gasteiger partial charge in [0.1, 0.15) is 0 Å². The first-order valence-corrected chi connectivity index (χ1v) is 6.95. The van der Waals surface area contributed by atoms with Crippen molar-refractivity contribution in [2.24, 2.45) is 5.92 Å². The van der Waals surface area contributed by atoms with Crippen LogP contribution in [0, 0.1) is 12.8 Å².